The lowest BCUT2D eigenvalue weighted by atomic mass is 10.1. The molecule has 3 rings (SSSR count). The van der Waals surface area contributed by atoms with Crippen molar-refractivity contribution in [3.8, 4) is 5.88 Å². The van der Waals surface area contributed by atoms with Crippen LogP contribution < -0.4 is 10.5 Å². The molecule has 0 atom stereocenters. The summed E-state index contributed by atoms with van der Waals surface area (Å²) in [5.74, 6) is 0.107. The molecule has 0 bridgehead atoms. The lowest BCUT2D eigenvalue weighted by Gasteiger charge is -2.10. The Morgan fingerprint density at radius 3 is 2.82 bits per heavy atom. The highest BCUT2D eigenvalue weighted by Gasteiger charge is 2.30. The van der Waals surface area contributed by atoms with Crippen molar-refractivity contribution in [1.82, 2.24) is 19.9 Å². The summed E-state index contributed by atoms with van der Waals surface area (Å²) in [7, 11) is 0. The Kier molecular flexibility index (Phi) is 3.32. The molecule has 0 spiro atoms. The summed E-state index contributed by atoms with van der Waals surface area (Å²) in [6.45, 7) is -0.0888. The van der Waals surface area contributed by atoms with Crippen LogP contribution in [0.1, 0.15) is 11.1 Å². The number of halogens is 3. The SMILES string of the molecule is Nc1nc(OCc2cccc(C(F)(F)F)c2)c2[nH]cnc2n1. The van der Waals surface area contributed by atoms with Gasteiger partial charge in [0, 0.05) is 0 Å². The fraction of sp³-hybridized carbons (Fsp3) is 0.154. The third kappa shape index (κ3) is 2.78. The predicted molar refractivity (Wildman–Crippen MR) is 71.9 cm³/mol. The number of nitrogens with one attached hydrogen (secondary N) is 1. The molecule has 22 heavy (non-hydrogen) atoms. The van der Waals surface area contributed by atoms with Gasteiger partial charge in [0.05, 0.1) is 11.9 Å². The Morgan fingerprint density at radius 2 is 2.05 bits per heavy atom. The van der Waals surface area contributed by atoms with E-state index < -0.39 is 11.7 Å². The molecule has 3 N–H and O–H groups in total. The van der Waals surface area contributed by atoms with Crippen LogP contribution in [0, 0.1) is 0 Å². The maximum Gasteiger partial charge on any atom is 0.416 e. The molecule has 6 nitrogen and oxygen atoms in total. The van der Waals surface area contributed by atoms with Crippen molar-refractivity contribution in [3.05, 3.63) is 41.7 Å². The van der Waals surface area contributed by atoms with Crippen LogP contribution in [0.15, 0.2) is 30.6 Å². The van der Waals surface area contributed by atoms with E-state index in [0.717, 1.165) is 12.1 Å². The van der Waals surface area contributed by atoms with Gasteiger partial charge in [-0.2, -0.15) is 23.1 Å². The Balaban J connectivity index is 1.84. The Labute approximate surface area is 122 Å². The van der Waals surface area contributed by atoms with E-state index in [2.05, 4.69) is 19.9 Å². The van der Waals surface area contributed by atoms with Crippen LogP contribution in [0.2, 0.25) is 0 Å². The maximum atomic E-state index is 12.7. The molecule has 0 aliphatic carbocycles. The second-order valence-electron chi connectivity index (χ2n) is 4.47. The summed E-state index contributed by atoms with van der Waals surface area (Å²) in [6.07, 6.45) is -3.00. The minimum absolute atomic E-state index is 0.0290. The zero-order valence-electron chi connectivity index (χ0n) is 11.1. The zero-order chi connectivity index (χ0) is 15.7. The van der Waals surface area contributed by atoms with Gasteiger partial charge in [0.1, 0.15) is 12.1 Å². The van der Waals surface area contributed by atoms with E-state index in [1.165, 1.54) is 18.5 Å². The van der Waals surface area contributed by atoms with E-state index in [1.54, 1.807) is 0 Å². The molecule has 9 heteroatoms. The summed E-state index contributed by atoms with van der Waals surface area (Å²) in [5, 5.41) is 0. The Bertz CT molecular complexity index is 815. The number of imidazole rings is 1. The summed E-state index contributed by atoms with van der Waals surface area (Å²) in [5.41, 5.74) is 5.91. The van der Waals surface area contributed by atoms with Crippen molar-refractivity contribution >= 4 is 17.1 Å². The number of aromatic amines is 1. The standard InChI is InChI=1S/C13H10F3N5O/c14-13(15,16)8-3-1-2-7(4-8)5-22-11-9-10(19-6-18-9)20-12(17)21-11/h1-4,6H,5H2,(H3,17,18,19,20,21). The third-order valence-corrected chi connectivity index (χ3v) is 2.90. The van der Waals surface area contributed by atoms with Crippen molar-refractivity contribution in [2.24, 2.45) is 0 Å². The van der Waals surface area contributed by atoms with E-state index in [1.807, 2.05) is 0 Å². The molecule has 0 amide bonds. The fourth-order valence-electron chi connectivity index (χ4n) is 1.92. The van der Waals surface area contributed by atoms with Gasteiger partial charge >= 0.3 is 6.18 Å². The second-order valence-corrected chi connectivity index (χ2v) is 4.47. The van der Waals surface area contributed by atoms with Gasteiger partial charge < -0.3 is 15.5 Å². The normalized spacial score (nSPS) is 11.8. The average molecular weight is 309 g/mol. The zero-order valence-corrected chi connectivity index (χ0v) is 11.1. The molecule has 0 radical (unpaired) electrons. The van der Waals surface area contributed by atoms with E-state index >= 15 is 0 Å². The van der Waals surface area contributed by atoms with Crippen molar-refractivity contribution < 1.29 is 17.9 Å². The minimum atomic E-state index is -4.40. The molecule has 114 valence electrons. The monoisotopic (exact) mass is 309 g/mol. The lowest BCUT2D eigenvalue weighted by Crippen LogP contribution is -2.07. The molecular formula is C13H10F3N5O. The number of ether oxygens (including phenoxy) is 1. The van der Waals surface area contributed by atoms with E-state index in [0.29, 0.717) is 16.7 Å². The molecule has 0 unspecified atom stereocenters. The molecule has 0 saturated carbocycles. The number of benzene rings is 1. The molecule has 3 aromatic rings. The van der Waals surface area contributed by atoms with Crippen LogP contribution in [0.5, 0.6) is 5.88 Å². The summed E-state index contributed by atoms with van der Waals surface area (Å²) >= 11 is 0. The quantitative estimate of drug-likeness (QED) is 0.776. The van der Waals surface area contributed by atoms with Crippen LogP contribution >= 0.6 is 0 Å². The Hall–Kier alpha value is -2.84. The molecule has 0 aliphatic heterocycles. The number of alkyl halides is 3. The predicted octanol–water partition coefficient (Wildman–Crippen LogP) is 2.53. The molecule has 2 heterocycles. The Morgan fingerprint density at radius 1 is 1.23 bits per heavy atom. The smallest absolute Gasteiger partial charge is 0.416 e. The van der Waals surface area contributed by atoms with Gasteiger partial charge in [0.25, 0.3) is 0 Å². The van der Waals surface area contributed by atoms with E-state index in [9.17, 15) is 13.2 Å². The van der Waals surface area contributed by atoms with Crippen molar-refractivity contribution in [2.75, 3.05) is 5.73 Å². The van der Waals surface area contributed by atoms with Crippen LogP contribution in [0.4, 0.5) is 19.1 Å². The maximum absolute atomic E-state index is 12.7. The number of fused-ring (bicyclic) bond motifs is 1. The van der Waals surface area contributed by atoms with Gasteiger partial charge in [-0.05, 0) is 17.7 Å². The van der Waals surface area contributed by atoms with E-state index in [-0.39, 0.29) is 18.4 Å². The van der Waals surface area contributed by atoms with Gasteiger partial charge in [-0.1, -0.05) is 12.1 Å². The largest absolute Gasteiger partial charge is 0.471 e. The topological polar surface area (TPSA) is 89.7 Å². The number of nitrogen functional groups attached to an aromatic ring is 1. The highest BCUT2D eigenvalue weighted by molar-refractivity contribution is 5.76. The number of H-pyrrole nitrogens is 1. The van der Waals surface area contributed by atoms with E-state index in [4.69, 9.17) is 10.5 Å². The number of anilines is 1. The first-order chi connectivity index (χ1) is 10.4. The molecule has 0 fully saturated rings. The molecule has 2 aromatic heterocycles. The third-order valence-electron chi connectivity index (χ3n) is 2.90. The first-order valence-corrected chi connectivity index (χ1v) is 6.19. The molecule has 0 aliphatic rings. The molecular weight excluding hydrogens is 299 g/mol. The first kappa shape index (κ1) is 14.1. The number of hydrogen-bond donors (Lipinski definition) is 2. The van der Waals surface area contributed by atoms with Gasteiger partial charge in [-0.3, -0.25) is 0 Å². The van der Waals surface area contributed by atoms with Crippen molar-refractivity contribution in [1.29, 1.82) is 0 Å². The molecule has 0 saturated heterocycles. The number of rotatable bonds is 3. The van der Waals surface area contributed by atoms with Crippen LogP contribution in [-0.2, 0) is 12.8 Å². The number of aromatic nitrogens is 4. The van der Waals surface area contributed by atoms with Gasteiger partial charge in [-0.25, -0.2) is 4.98 Å². The van der Waals surface area contributed by atoms with Crippen molar-refractivity contribution in [3.63, 3.8) is 0 Å². The average Bonchev–Trinajstić information content (AvgIpc) is 2.92. The highest BCUT2D eigenvalue weighted by atomic mass is 19.4. The lowest BCUT2D eigenvalue weighted by molar-refractivity contribution is -0.137. The fourth-order valence-corrected chi connectivity index (χ4v) is 1.92. The minimum Gasteiger partial charge on any atom is -0.471 e. The van der Waals surface area contributed by atoms with Gasteiger partial charge in [0.15, 0.2) is 5.65 Å². The summed E-state index contributed by atoms with van der Waals surface area (Å²) in [6, 6.07) is 4.87. The van der Waals surface area contributed by atoms with Gasteiger partial charge in [-0.15, -0.1) is 0 Å². The van der Waals surface area contributed by atoms with Crippen LogP contribution in [-0.4, -0.2) is 19.9 Å². The van der Waals surface area contributed by atoms with Crippen molar-refractivity contribution in [2.45, 2.75) is 12.8 Å². The highest BCUT2D eigenvalue weighted by Crippen LogP contribution is 2.30. The molecule has 1 aromatic carbocycles. The first-order valence-electron chi connectivity index (χ1n) is 6.19. The number of nitrogens with two attached hydrogens (primary N) is 1. The number of hydrogen-bond acceptors (Lipinski definition) is 5. The second kappa shape index (κ2) is 5.17. The van der Waals surface area contributed by atoms with Crippen LogP contribution in [0.3, 0.4) is 0 Å². The number of nitrogens with zero attached hydrogens (tertiary/aromatic N) is 3. The summed E-state index contributed by atoms with van der Waals surface area (Å²) < 4.78 is 43.4. The summed E-state index contributed by atoms with van der Waals surface area (Å²) in [4.78, 5) is 14.5. The van der Waals surface area contributed by atoms with Gasteiger partial charge in [0.2, 0.25) is 11.8 Å². The van der Waals surface area contributed by atoms with Crippen LogP contribution in [0.25, 0.3) is 11.2 Å².